The van der Waals surface area contributed by atoms with E-state index < -0.39 is 0 Å². The van der Waals surface area contributed by atoms with Crippen molar-refractivity contribution in [2.24, 2.45) is 5.10 Å². The third-order valence-electron chi connectivity index (χ3n) is 2.93. The van der Waals surface area contributed by atoms with Gasteiger partial charge in [0.05, 0.1) is 26.0 Å². The van der Waals surface area contributed by atoms with Gasteiger partial charge in [0, 0.05) is 15.2 Å². The van der Waals surface area contributed by atoms with E-state index in [0.717, 1.165) is 9.13 Å². The number of rotatable bonds is 5. The lowest BCUT2D eigenvalue weighted by atomic mass is 10.2. The van der Waals surface area contributed by atoms with Crippen LogP contribution in [0.3, 0.4) is 0 Å². The van der Waals surface area contributed by atoms with E-state index in [0.29, 0.717) is 17.1 Å². The normalized spacial score (nSPS) is 10.5. The van der Waals surface area contributed by atoms with Gasteiger partial charge in [-0.05, 0) is 40.8 Å². The summed E-state index contributed by atoms with van der Waals surface area (Å²) in [7, 11) is 3.06. The summed E-state index contributed by atoms with van der Waals surface area (Å²) in [5, 5.41) is 3.98. The molecular weight excluding hydrogens is 395 g/mol. The topological polar surface area (TPSA) is 59.9 Å². The Bertz CT molecular complexity index is 702. The molecule has 0 radical (unpaired) electrons. The SMILES string of the molecule is COc1ccc(C(=O)N/N=C\c2ccccc2I)c(OC)c1. The van der Waals surface area contributed by atoms with E-state index in [9.17, 15) is 4.79 Å². The van der Waals surface area contributed by atoms with Crippen molar-refractivity contribution in [3.63, 3.8) is 0 Å². The fourth-order valence-electron chi connectivity index (χ4n) is 1.79. The lowest BCUT2D eigenvalue weighted by Gasteiger charge is -2.08. The highest BCUT2D eigenvalue weighted by Gasteiger charge is 2.12. The molecule has 0 aliphatic rings. The number of methoxy groups -OCH3 is 2. The largest absolute Gasteiger partial charge is 0.497 e. The summed E-state index contributed by atoms with van der Waals surface area (Å²) in [6, 6.07) is 12.7. The summed E-state index contributed by atoms with van der Waals surface area (Å²) in [6.07, 6.45) is 1.61. The van der Waals surface area contributed by atoms with Crippen LogP contribution in [0.25, 0.3) is 0 Å². The highest BCUT2D eigenvalue weighted by Crippen LogP contribution is 2.24. The van der Waals surface area contributed by atoms with Gasteiger partial charge in [-0.1, -0.05) is 18.2 Å². The molecular formula is C16H15IN2O3. The summed E-state index contributed by atoms with van der Waals surface area (Å²) in [5.41, 5.74) is 3.82. The number of benzene rings is 2. The van der Waals surface area contributed by atoms with Crippen LogP contribution in [0.1, 0.15) is 15.9 Å². The first-order valence-corrected chi connectivity index (χ1v) is 7.53. The monoisotopic (exact) mass is 410 g/mol. The van der Waals surface area contributed by atoms with Crippen molar-refractivity contribution in [2.75, 3.05) is 14.2 Å². The van der Waals surface area contributed by atoms with Crippen LogP contribution in [0.4, 0.5) is 0 Å². The number of ether oxygens (including phenoxy) is 2. The van der Waals surface area contributed by atoms with Crippen LogP contribution in [0.15, 0.2) is 47.6 Å². The molecule has 1 N–H and O–H groups in total. The maximum absolute atomic E-state index is 12.2. The number of halogens is 1. The Morgan fingerprint density at radius 1 is 1.18 bits per heavy atom. The second kappa shape index (κ2) is 7.79. The van der Waals surface area contributed by atoms with Gasteiger partial charge in [-0.25, -0.2) is 5.43 Å². The first-order valence-electron chi connectivity index (χ1n) is 6.45. The lowest BCUT2D eigenvalue weighted by Crippen LogP contribution is -2.18. The molecule has 0 atom stereocenters. The van der Waals surface area contributed by atoms with E-state index in [4.69, 9.17) is 9.47 Å². The minimum atomic E-state index is -0.346. The number of hydrazone groups is 1. The van der Waals surface area contributed by atoms with E-state index in [1.165, 1.54) is 7.11 Å². The number of carbonyl (C=O) groups is 1. The van der Waals surface area contributed by atoms with Crippen molar-refractivity contribution in [2.45, 2.75) is 0 Å². The Morgan fingerprint density at radius 3 is 2.64 bits per heavy atom. The Labute approximate surface area is 142 Å². The zero-order valence-corrected chi connectivity index (χ0v) is 14.3. The van der Waals surface area contributed by atoms with E-state index in [1.54, 1.807) is 31.5 Å². The summed E-state index contributed by atoms with van der Waals surface area (Å²) in [4.78, 5) is 12.2. The van der Waals surface area contributed by atoms with Gasteiger partial charge in [-0.2, -0.15) is 5.10 Å². The smallest absolute Gasteiger partial charge is 0.275 e. The average Bonchev–Trinajstić information content (AvgIpc) is 2.55. The van der Waals surface area contributed by atoms with Crippen molar-refractivity contribution in [3.8, 4) is 11.5 Å². The molecule has 0 fully saturated rings. The summed E-state index contributed by atoms with van der Waals surface area (Å²) in [6.45, 7) is 0. The highest BCUT2D eigenvalue weighted by atomic mass is 127. The van der Waals surface area contributed by atoms with Gasteiger partial charge in [0.2, 0.25) is 0 Å². The molecule has 2 aromatic rings. The van der Waals surface area contributed by atoms with Gasteiger partial charge in [0.1, 0.15) is 11.5 Å². The van der Waals surface area contributed by atoms with Crippen molar-refractivity contribution in [1.82, 2.24) is 5.43 Å². The molecule has 0 aliphatic carbocycles. The quantitative estimate of drug-likeness (QED) is 0.468. The molecule has 0 saturated carbocycles. The third-order valence-corrected chi connectivity index (χ3v) is 3.91. The lowest BCUT2D eigenvalue weighted by molar-refractivity contribution is 0.0952. The van der Waals surface area contributed by atoms with Gasteiger partial charge < -0.3 is 9.47 Å². The molecule has 2 rings (SSSR count). The van der Waals surface area contributed by atoms with E-state index in [2.05, 4.69) is 33.1 Å². The van der Waals surface area contributed by atoms with Gasteiger partial charge in [0.25, 0.3) is 5.91 Å². The molecule has 0 saturated heterocycles. The molecule has 0 unspecified atom stereocenters. The summed E-state index contributed by atoms with van der Waals surface area (Å²) < 4.78 is 11.4. The molecule has 6 heteroatoms. The zero-order valence-electron chi connectivity index (χ0n) is 12.2. The number of amides is 1. The predicted octanol–water partition coefficient (Wildman–Crippen LogP) is 3.07. The Hall–Kier alpha value is -2.09. The molecule has 114 valence electrons. The molecule has 0 aromatic heterocycles. The molecule has 22 heavy (non-hydrogen) atoms. The van der Waals surface area contributed by atoms with E-state index in [1.807, 2.05) is 24.3 Å². The highest BCUT2D eigenvalue weighted by molar-refractivity contribution is 14.1. The Kier molecular flexibility index (Phi) is 5.76. The number of hydrogen-bond acceptors (Lipinski definition) is 4. The third kappa shape index (κ3) is 3.97. The van der Waals surface area contributed by atoms with Crippen molar-refractivity contribution in [3.05, 3.63) is 57.2 Å². The molecule has 0 aliphatic heterocycles. The average molecular weight is 410 g/mol. The van der Waals surface area contributed by atoms with Crippen LogP contribution in [-0.2, 0) is 0 Å². The fraction of sp³-hybridized carbons (Fsp3) is 0.125. The van der Waals surface area contributed by atoms with Crippen LogP contribution < -0.4 is 14.9 Å². The standard InChI is InChI=1S/C16H15IN2O3/c1-21-12-7-8-13(15(9-12)22-2)16(20)19-18-10-11-5-3-4-6-14(11)17/h3-10H,1-2H3,(H,19,20)/b18-10-. The second-order valence-corrected chi connectivity index (χ2v) is 5.45. The van der Waals surface area contributed by atoms with Crippen molar-refractivity contribution < 1.29 is 14.3 Å². The first kappa shape index (κ1) is 16.3. The first-order chi connectivity index (χ1) is 10.7. The molecule has 5 nitrogen and oxygen atoms in total. The second-order valence-electron chi connectivity index (χ2n) is 4.29. The molecule has 0 heterocycles. The van der Waals surface area contributed by atoms with Crippen molar-refractivity contribution in [1.29, 1.82) is 0 Å². The minimum Gasteiger partial charge on any atom is -0.497 e. The van der Waals surface area contributed by atoms with Crippen LogP contribution in [-0.4, -0.2) is 26.3 Å². The maximum Gasteiger partial charge on any atom is 0.275 e. The number of nitrogens with zero attached hydrogens (tertiary/aromatic N) is 1. The van der Waals surface area contributed by atoms with Gasteiger partial charge in [-0.15, -0.1) is 0 Å². The summed E-state index contributed by atoms with van der Waals surface area (Å²) >= 11 is 2.21. The number of hydrogen-bond donors (Lipinski definition) is 1. The maximum atomic E-state index is 12.2. The van der Waals surface area contributed by atoms with Crippen LogP contribution in [0, 0.1) is 3.57 Å². The number of carbonyl (C=O) groups excluding carboxylic acids is 1. The van der Waals surface area contributed by atoms with Crippen LogP contribution in [0.2, 0.25) is 0 Å². The molecule has 0 spiro atoms. The fourth-order valence-corrected chi connectivity index (χ4v) is 2.31. The van der Waals surface area contributed by atoms with Gasteiger partial charge in [0.15, 0.2) is 0 Å². The number of nitrogens with one attached hydrogen (secondary N) is 1. The zero-order chi connectivity index (χ0) is 15.9. The van der Waals surface area contributed by atoms with Crippen molar-refractivity contribution >= 4 is 34.7 Å². The predicted molar refractivity (Wildman–Crippen MR) is 93.8 cm³/mol. The summed E-state index contributed by atoms with van der Waals surface area (Å²) in [5.74, 6) is 0.707. The van der Waals surface area contributed by atoms with Gasteiger partial charge >= 0.3 is 0 Å². The Morgan fingerprint density at radius 2 is 1.95 bits per heavy atom. The van der Waals surface area contributed by atoms with E-state index in [-0.39, 0.29) is 5.91 Å². The molecule has 0 bridgehead atoms. The van der Waals surface area contributed by atoms with E-state index >= 15 is 0 Å². The van der Waals surface area contributed by atoms with Crippen LogP contribution >= 0.6 is 22.6 Å². The minimum absolute atomic E-state index is 0.346. The molecule has 2 aromatic carbocycles. The Balaban J connectivity index is 2.11. The molecule has 1 amide bonds. The van der Waals surface area contributed by atoms with Gasteiger partial charge in [-0.3, -0.25) is 4.79 Å². The van der Waals surface area contributed by atoms with Crippen LogP contribution in [0.5, 0.6) is 11.5 Å².